The quantitative estimate of drug-likeness (QED) is 0.104. The maximum atomic E-state index is 13.1. The zero-order chi connectivity index (χ0) is 33.5. The van der Waals surface area contributed by atoms with E-state index in [0.717, 1.165) is 0 Å². The molecule has 0 heterocycles. The summed E-state index contributed by atoms with van der Waals surface area (Å²) in [7, 11) is 0. The van der Waals surface area contributed by atoms with E-state index in [1.807, 2.05) is 0 Å². The van der Waals surface area contributed by atoms with Crippen molar-refractivity contribution in [1.82, 2.24) is 9.80 Å². The summed E-state index contributed by atoms with van der Waals surface area (Å²) in [6, 6.07) is 14.0. The molecule has 2 aromatic rings. The lowest BCUT2D eigenvalue weighted by Crippen LogP contribution is -2.54. The third-order valence-corrected chi connectivity index (χ3v) is 7.19. The molecule has 0 radical (unpaired) electrons. The van der Waals surface area contributed by atoms with Gasteiger partial charge >= 0.3 is 24.1 Å². The molecule has 0 bridgehead atoms. The number of nitrogens with zero attached hydrogens (tertiary/aromatic N) is 2. The van der Waals surface area contributed by atoms with Crippen molar-refractivity contribution in [1.29, 1.82) is 0 Å². The lowest BCUT2D eigenvalue weighted by Gasteiger charge is -2.35. The minimum absolute atomic E-state index is 0.0453. The molecule has 2 rings (SSSR count). The van der Waals surface area contributed by atoms with Crippen LogP contribution in [0.5, 0.6) is 0 Å². The van der Waals surface area contributed by atoms with Gasteiger partial charge < -0.3 is 34.0 Å². The van der Waals surface area contributed by atoms with Gasteiger partial charge in [-0.05, 0) is 38.8 Å². The summed E-state index contributed by atoms with van der Waals surface area (Å²) in [5, 5.41) is 20.0. The first-order valence-electron chi connectivity index (χ1n) is 14.5. The SMILES string of the molecule is CCOC(CC(C=O)c1ccccc1)N(C(=O)O)[C@@H](C)C(=O)OC(=O)[C@H](C)N(C(=O)O)C(CC(C=O)c1ccccc1)OCC. The predicted octanol–water partition coefficient (Wildman–Crippen LogP) is 4.26. The smallest absolute Gasteiger partial charge is 0.410 e. The first-order valence-corrected chi connectivity index (χ1v) is 14.5. The molecular weight excluding hydrogens is 588 g/mol. The third kappa shape index (κ3) is 10.2. The number of benzene rings is 2. The van der Waals surface area contributed by atoms with Gasteiger partial charge in [0.25, 0.3) is 0 Å². The minimum atomic E-state index is -1.59. The summed E-state index contributed by atoms with van der Waals surface area (Å²) in [5.41, 5.74) is 1.23. The molecule has 0 fully saturated rings. The standard InChI is InChI=1S/C32H40N2O11/c1-5-43-27(17-25(19-35)23-13-9-7-10-14-23)33(31(39)40)21(3)29(37)45-30(38)22(4)34(32(41)42)28(44-6-2)18-26(20-36)24-15-11-8-12-16-24/h7-16,19-22,25-28H,5-6,17-18H2,1-4H3,(H,39,40)(H,41,42)/t21-,22-,25?,26?,27?,28?/m0/s1. The summed E-state index contributed by atoms with van der Waals surface area (Å²) < 4.78 is 16.2. The molecule has 2 aromatic carbocycles. The maximum Gasteiger partial charge on any atom is 0.410 e. The first kappa shape index (κ1) is 36.6. The Labute approximate surface area is 261 Å². The molecule has 0 aromatic heterocycles. The lowest BCUT2D eigenvalue weighted by atomic mass is 9.96. The molecular formula is C32H40N2O11. The van der Waals surface area contributed by atoms with E-state index in [0.29, 0.717) is 33.5 Å². The van der Waals surface area contributed by atoms with E-state index in [1.54, 1.807) is 74.5 Å². The van der Waals surface area contributed by atoms with Gasteiger partial charge in [-0.1, -0.05) is 60.7 Å². The van der Waals surface area contributed by atoms with Gasteiger partial charge in [0.15, 0.2) is 0 Å². The van der Waals surface area contributed by atoms with E-state index < -0.39 is 60.5 Å². The van der Waals surface area contributed by atoms with Gasteiger partial charge in [0.1, 0.15) is 37.1 Å². The van der Waals surface area contributed by atoms with Crippen molar-refractivity contribution in [2.24, 2.45) is 0 Å². The van der Waals surface area contributed by atoms with Gasteiger partial charge in [-0.3, -0.25) is 9.80 Å². The molecule has 0 saturated heterocycles. The van der Waals surface area contributed by atoms with Crippen molar-refractivity contribution in [3.8, 4) is 0 Å². The Morgan fingerprint density at radius 2 is 1.00 bits per heavy atom. The van der Waals surface area contributed by atoms with E-state index in [1.165, 1.54) is 13.8 Å². The Morgan fingerprint density at radius 1 is 0.667 bits per heavy atom. The summed E-state index contributed by atoms with van der Waals surface area (Å²) in [6.45, 7) is 5.69. The van der Waals surface area contributed by atoms with Crippen LogP contribution in [0.15, 0.2) is 60.7 Å². The zero-order valence-corrected chi connectivity index (χ0v) is 25.7. The molecule has 13 heteroatoms. The molecule has 0 aliphatic heterocycles. The van der Waals surface area contributed by atoms with E-state index in [4.69, 9.17) is 14.2 Å². The Balaban J connectivity index is 2.26. The molecule has 0 aliphatic carbocycles. The van der Waals surface area contributed by atoms with Gasteiger partial charge in [0.2, 0.25) is 0 Å². The normalized spacial score (nSPS) is 14.9. The summed E-state index contributed by atoms with van der Waals surface area (Å²) in [5.74, 6) is -4.09. The predicted molar refractivity (Wildman–Crippen MR) is 160 cm³/mol. The van der Waals surface area contributed by atoms with Crippen LogP contribution in [0.4, 0.5) is 9.59 Å². The number of aldehydes is 2. The second-order valence-electron chi connectivity index (χ2n) is 10.1. The molecule has 13 nitrogen and oxygen atoms in total. The average Bonchev–Trinajstić information content (AvgIpc) is 3.02. The molecule has 4 unspecified atom stereocenters. The number of amides is 2. The fourth-order valence-corrected chi connectivity index (χ4v) is 4.86. The summed E-state index contributed by atoms with van der Waals surface area (Å²) in [6.07, 6.45) is -4.63. The van der Waals surface area contributed by atoms with Crippen molar-refractivity contribution in [2.45, 2.75) is 76.9 Å². The van der Waals surface area contributed by atoms with Gasteiger partial charge in [0, 0.05) is 37.9 Å². The number of hydrogen-bond donors (Lipinski definition) is 2. The number of esters is 2. The highest BCUT2D eigenvalue weighted by atomic mass is 16.6. The zero-order valence-electron chi connectivity index (χ0n) is 25.7. The Kier molecular flexibility index (Phi) is 14.8. The second kappa shape index (κ2) is 18.2. The number of carboxylic acid groups (broad SMARTS) is 2. The highest BCUT2D eigenvalue weighted by Gasteiger charge is 2.40. The fraction of sp³-hybridized carbons (Fsp3) is 0.438. The lowest BCUT2D eigenvalue weighted by molar-refractivity contribution is -0.171. The Bertz CT molecular complexity index is 1180. The molecule has 2 amide bonds. The topological polar surface area (TPSA) is 177 Å². The second-order valence-corrected chi connectivity index (χ2v) is 10.1. The first-order chi connectivity index (χ1) is 21.5. The molecule has 0 saturated carbocycles. The Hall–Kier alpha value is -4.62. The molecule has 244 valence electrons. The maximum absolute atomic E-state index is 13.1. The highest BCUT2D eigenvalue weighted by molar-refractivity contribution is 5.93. The van der Waals surface area contributed by atoms with Crippen LogP contribution >= 0.6 is 0 Å². The largest absolute Gasteiger partial charge is 0.465 e. The van der Waals surface area contributed by atoms with Crippen LogP contribution < -0.4 is 0 Å². The van der Waals surface area contributed by atoms with Gasteiger partial charge in [-0.25, -0.2) is 19.2 Å². The van der Waals surface area contributed by atoms with Crippen LogP contribution in [0.3, 0.4) is 0 Å². The number of carbonyl (C=O) groups is 6. The average molecular weight is 629 g/mol. The molecule has 2 N–H and O–H groups in total. The fourth-order valence-electron chi connectivity index (χ4n) is 4.86. The van der Waals surface area contributed by atoms with Crippen LogP contribution in [0, 0.1) is 0 Å². The van der Waals surface area contributed by atoms with Crippen molar-refractivity contribution in [3.63, 3.8) is 0 Å². The molecule has 0 aliphatic rings. The van der Waals surface area contributed by atoms with Crippen molar-refractivity contribution < 1.29 is 53.2 Å². The van der Waals surface area contributed by atoms with Crippen molar-refractivity contribution in [2.75, 3.05) is 13.2 Å². The number of rotatable bonds is 18. The van der Waals surface area contributed by atoms with Gasteiger partial charge in [-0.2, -0.15) is 0 Å². The third-order valence-electron chi connectivity index (χ3n) is 7.19. The van der Waals surface area contributed by atoms with E-state index in [2.05, 4.69) is 0 Å². The Morgan fingerprint density at radius 3 is 1.27 bits per heavy atom. The minimum Gasteiger partial charge on any atom is -0.465 e. The van der Waals surface area contributed by atoms with Gasteiger partial charge in [0.05, 0.1) is 0 Å². The van der Waals surface area contributed by atoms with Crippen LogP contribution in [-0.2, 0) is 33.4 Å². The van der Waals surface area contributed by atoms with Crippen LogP contribution in [0.2, 0.25) is 0 Å². The van der Waals surface area contributed by atoms with Crippen molar-refractivity contribution in [3.05, 3.63) is 71.8 Å². The van der Waals surface area contributed by atoms with Crippen molar-refractivity contribution >= 4 is 36.7 Å². The number of carbonyl (C=O) groups excluding carboxylic acids is 4. The highest BCUT2D eigenvalue weighted by Crippen LogP contribution is 2.26. The number of ether oxygens (including phenoxy) is 3. The summed E-state index contributed by atoms with van der Waals surface area (Å²) in [4.78, 5) is 76.0. The molecule has 6 atom stereocenters. The molecule has 0 spiro atoms. The van der Waals surface area contributed by atoms with Crippen LogP contribution in [0.1, 0.15) is 63.5 Å². The van der Waals surface area contributed by atoms with E-state index >= 15 is 0 Å². The number of hydrogen-bond acceptors (Lipinski definition) is 9. The van der Waals surface area contributed by atoms with Crippen LogP contribution in [-0.4, -0.2) is 94.5 Å². The monoisotopic (exact) mass is 628 g/mol. The van der Waals surface area contributed by atoms with Crippen LogP contribution in [0.25, 0.3) is 0 Å². The summed E-state index contributed by atoms with van der Waals surface area (Å²) >= 11 is 0. The van der Waals surface area contributed by atoms with E-state index in [9.17, 15) is 39.0 Å². The molecule has 45 heavy (non-hydrogen) atoms. The van der Waals surface area contributed by atoms with Gasteiger partial charge in [-0.15, -0.1) is 0 Å². The van der Waals surface area contributed by atoms with E-state index in [-0.39, 0.29) is 26.1 Å².